The summed E-state index contributed by atoms with van der Waals surface area (Å²) in [5.74, 6) is 1.29. The first kappa shape index (κ1) is 15.4. The second-order valence-corrected chi connectivity index (χ2v) is 7.18. The zero-order valence-corrected chi connectivity index (χ0v) is 13.7. The van der Waals surface area contributed by atoms with Crippen molar-refractivity contribution in [3.63, 3.8) is 0 Å². The summed E-state index contributed by atoms with van der Waals surface area (Å²) >= 11 is 3.61. The molecule has 1 aliphatic rings. The lowest BCUT2D eigenvalue weighted by Gasteiger charge is -2.40. The Labute approximate surface area is 128 Å². The van der Waals surface area contributed by atoms with Crippen molar-refractivity contribution in [1.29, 1.82) is 0 Å². The number of hydrogen-bond acceptors (Lipinski definition) is 5. The Morgan fingerprint density at radius 1 is 1.50 bits per heavy atom. The van der Waals surface area contributed by atoms with Crippen molar-refractivity contribution in [3.8, 4) is 0 Å². The van der Waals surface area contributed by atoms with E-state index in [0.717, 1.165) is 28.4 Å². The van der Waals surface area contributed by atoms with E-state index in [2.05, 4.69) is 30.0 Å². The van der Waals surface area contributed by atoms with Gasteiger partial charge >= 0.3 is 0 Å². The highest BCUT2D eigenvalue weighted by Crippen LogP contribution is 2.34. The highest BCUT2D eigenvalue weighted by molar-refractivity contribution is 8.00. The molecule has 1 aromatic carbocycles. The van der Waals surface area contributed by atoms with Gasteiger partial charge in [0.05, 0.1) is 5.56 Å². The third kappa shape index (κ3) is 2.86. The van der Waals surface area contributed by atoms with E-state index in [1.807, 2.05) is 30.2 Å². The smallest absolute Gasteiger partial charge is 0.173 e. The molecule has 0 aromatic heterocycles. The molecule has 1 heterocycles. The van der Waals surface area contributed by atoms with Crippen LogP contribution in [0.25, 0.3) is 0 Å². The zero-order valence-electron chi connectivity index (χ0n) is 12.0. The van der Waals surface area contributed by atoms with Crippen molar-refractivity contribution in [2.45, 2.75) is 30.0 Å². The van der Waals surface area contributed by atoms with Gasteiger partial charge in [0, 0.05) is 34.2 Å². The van der Waals surface area contributed by atoms with Gasteiger partial charge in [-0.25, -0.2) is 0 Å². The van der Waals surface area contributed by atoms with Gasteiger partial charge in [0.25, 0.3) is 0 Å². The predicted octanol–water partition coefficient (Wildman–Crippen LogP) is 2.83. The summed E-state index contributed by atoms with van der Waals surface area (Å²) in [5.41, 5.74) is 7.82. The molecule has 1 fully saturated rings. The number of rotatable bonds is 3. The predicted molar refractivity (Wildman–Crippen MR) is 89.5 cm³/mol. The van der Waals surface area contributed by atoms with Gasteiger partial charge in [-0.05, 0) is 25.3 Å². The van der Waals surface area contributed by atoms with Crippen molar-refractivity contribution in [2.75, 3.05) is 23.5 Å². The molecule has 110 valence electrons. The fourth-order valence-corrected chi connectivity index (χ4v) is 4.24. The van der Waals surface area contributed by atoms with Gasteiger partial charge in [0.15, 0.2) is 5.84 Å². The van der Waals surface area contributed by atoms with Gasteiger partial charge < -0.3 is 15.8 Å². The molecule has 3 N–H and O–H groups in total. The fourth-order valence-electron chi connectivity index (χ4n) is 2.51. The Kier molecular flexibility index (Phi) is 5.10. The minimum atomic E-state index is 0.183. The highest BCUT2D eigenvalue weighted by Gasteiger charge is 2.28. The molecule has 2 rings (SSSR count). The van der Waals surface area contributed by atoms with Crippen LogP contribution in [0.1, 0.15) is 19.4 Å². The standard InChI is InChI=1S/C14H21N3OS2/c1-9-10(2)20-8-7-17(9)11-5-4-6-12(19-3)13(11)14(15)16-18/h4-6,9-10,18H,7-8H2,1-3H3,(H2,15,16). The summed E-state index contributed by atoms with van der Waals surface area (Å²) in [4.78, 5) is 3.41. The van der Waals surface area contributed by atoms with Crippen LogP contribution in [0, 0.1) is 0 Å². The number of nitrogens with zero attached hydrogens (tertiary/aromatic N) is 2. The van der Waals surface area contributed by atoms with Crippen LogP contribution in [-0.2, 0) is 0 Å². The van der Waals surface area contributed by atoms with Gasteiger partial charge in [0.2, 0.25) is 0 Å². The van der Waals surface area contributed by atoms with E-state index in [0.29, 0.717) is 11.3 Å². The van der Waals surface area contributed by atoms with Crippen molar-refractivity contribution in [1.82, 2.24) is 0 Å². The molecule has 0 saturated carbocycles. The molecular weight excluding hydrogens is 290 g/mol. The molecule has 0 amide bonds. The lowest BCUT2D eigenvalue weighted by Crippen LogP contribution is -2.45. The zero-order chi connectivity index (χ0) is 14.7. The fraction of sp³-hybridized carbons (Fsp3) is 0.500. The monoisotopic (exact) mass is 311 g/mol. The van der Waals surface area contributed by atoms with E-state index in [9.17, 15) is 0 Å². The first-order valence-corrected chi connectivity index (χ1v) is 8.90. The summed E-state index contributed by atoms with van der Waals surface area (Å²) in [6.07, 6.45) is 2.01. The molecule has 1 aromatic rings. The topological polar surface area (TPSA) is 61.8 Å². The van der Waals surface area contributed by atoms with Gasteiger partial charge in [-0.15, -0.1) is 11.8 Å². The summed E-state index contributed by atoms with van der Waals surface area (Å²) < 4.78 is 0. The van der Waals surface area contributed by atoms with Crippen molar-refractivity contribution >= 4 is 35.0 Å². The maximum absolute atomic E-state index is 9.08. The molecule has 2 atom stereocenters. The first-order chi connectivity index (χ1) is 9.60. The Bertz CT molecular complexity index is 507. The van der Waals surface area contributed by atoms with Crippen LogP contribution < -0.4 is 10.6 Å². The van der Waals surface area contributed by atoms with Crippen molar-refractivity contribution in [2.24, 2.45) is 10.9 Å². The molecule has 0 aliphatic carbocycles. The molecule has 20 heavy (non-hydrogen) atoms. The Balaban J connectivity index is 2.50. The number of amidine groups is 1. The lowest BCUT2D eigenvalue weighted by atomic mass is 10.1. The number of thioether (sulfide) groups is 2. The van der Waals surface area contributed by atoms with Gasteiger partial charge in [-0.2, -0.15) is 11.8 Å². The number of anilines is 1. The lowest BCUT2D eigenvalue weighted by molar-refractivity contribution is 0.318. The van der Waals surface area contributed by atoms with Crippen LogP contribution in [0.3, 0.4) is 0 Å². The Morgan fingerprint density at radius 2 is 2.25 bits per heavy atom. The third-order valence-corrected chi connectivity index (χ3v) is 5.90. The van der Waals surface area contributed by atoms with Crippen LogP contribution in [0.5, 0.6) is 0 Å². The summed E-state index contributed by atoms with van der Waals surface area (Å²) in [7, 11) is 0. The van der Waals surface area contributed by atoms with E-state index in [1.54, 1.807) is 11.8 Å². The average molecular weight is 311 g/mol. The van der Waals surface area contributed by atoms with E-state index >= 15 is 0 Å². The minimum absolute atomic E-state index is 0.183. The van der Waals surface area contributed by atoms with E-state index in [-0.39, 0.29) is 5.84 Å². The SMILES string of the molecule is CSc1cccc(N2CCSC(C)C2C)c1/C(N)=N/O. The maximum atomic E-state index is 9.08. The van der Waals surface area contributed by atoms with Gasteiger partial charge in [-0.3, -0.25) is 0 Å². The number of hydrogen-bond donors (Lipinski definition) is 2. The highest BCUT2D eigenvalue weighted by atomic mass is 32.2. The van der Waals surface area contributed by atoms with E-state index < -0.39 is 0 Å². The molecule has 0 bridgehead atoms. The molecule has 0 radical (unpaired) electrons. The van der Waals surface area contributed by atoms with E-state index in [1.165, 1.54) is 0 Å². The van der Waals surface area contributed by atoms with Crippen molar-refractivity contribution in [3.05, 3.63) is 23.8 Å². The van der Waals surface area contributed by atoms with Crippen LogP contribution in [0.2, 0.25) is 0 Å². The van der Waals surface area contributed by atoms with Crippen molar-refractivity contribution < 1.29 is 5.21 Å². The summed E-state index contributed by atoms with van der Waals surface area (Å²) in [6, 6.07) is 6.53. The average Bonchev–Trinajstić information content (AvgIpc) is 2.48. The third-order valence-electron chi connectivity index (χ3n) is 3.78. The minimum Gasteiger partial charge on any atom is -0.409 e. The maximum Gasteiger partial charge on any atom is 0.173 e. The molecule has 4 nitrogen and oxygen atoms in total. The van der Waals surface area contributed by atoms with Crippen LogP contribution in [-0.4, -0.2) is 40.9 Å². The molecule has 1 aliphatic heterocycles. The summed E-state index contributed by atoms with van der Waals surface area (Å²) in [6.45, 7) is 5.47. The number of oxime groups is 1. The van der Waals surface area contributed by atoms with Crippen LogP contribution in [0.15, 0.2) is 28.3 Å². The van der Waals surface area contributed by atoms with Crippen LogP contribution >= 0.6 is 23.5 Å². The normalized spacial score (nSPS) is 23.9. The Morgan fingerprint density at radius 3 is 2.90 bits per heavy atom. The number of benzene rings is 1. The van der Waals surface area contributed by atoms with Gasteiger partial charge in [-0.1, -0.05) is 18.1 Å². The molecular formula is C14H21N3OS2. The summed E-state index contributed by atoms with van der Waals surface area (Å²) in [5, 5.41) is 12.9. The van der Waals surface area contributed by atoms with Crippen LogP contribution in [0.4, 0.5) is 5.69 Å². The molecule has 1 saturated heterocycles. The number of nitrogens with two attached hydrogens (primary N) is 1. The molecule has 2 unspecified atom stereocenters. The quantitative estimate of drug-likeness (QED) is 0.295. The van der Waals surface area contributed by atoms with Gasteiger partial charge in [0.1, 0.15) is 0 Å². The Hall–Kier alpha value is -1.01. The second-order valence-electron chi connectivity index (χ2n) is 4.85. The van der Waals surface area contributed by atoms with E-state index in [4.69, 9.17) is 10.9 Å². The first-order valence-electron chi connectivity index (χ1n) is 6.63. The molecule has 0 spiro atoms. The second kappa shape index (κ2) is 6.63. The molecule has 6 heteroatoms. The largest absolute Gasteiger partial charge is 0.409 e.